The Kier molecular flexibility index (Phi) is 16.1. The van der Waals surface area contributed by atoms with Gasteiger partial charge in [0.15, 0.2) is 30.1 Å². The molecule has 1 aromatic carbocycles. The average Bonchev–Trinajstić information content (AvgIpc) is 3.22. The summed E-state index contributed by atoms with van der Waals surface area (Å²) in [6.07, 6.45) is -7.22. The van der Waals surface area contributed by atoms with Crippen molar-refractivity contribution in [2.45, 2.75) is 63.6 Å². The predicted molar refractivity (Wildman–Crippen MR) is 211 cm³/mol. The number of hydrogen-bond donors (Lipinski definition) is 4. The van der Waals surface area contributed by atoms with Gasteiger partial charge in [0.25, 0.3) is 17.0 Å². The molecule has 346 valence electrons. The van der Waals surface area contributed by atoms with E-state index in [1.807, 2.05) is 4.98 Å². The van der Waals surface area contributed by atoms with Gasteiger partial charge in [0, 0.05) is 36.1 Å². The Morgan fingerprint density at radius 2 is 1.37 bits per heavy atom. The van der Waals surface area contributed by atoms with Crippen molar-refractivity contribution in [1.82, 2.24) is 24.0 Å². The summed E-state index contributed by atoms with van der Waals surface area (Å²) in [5.74, 6) is -1.49. The number of H-pyrrole nitrogens is 2. The molecule has 63 heavy (non-hydrogen) atoms. The summed E-state index contributed by atoms with van der Waals surface area (Å²) in [7, 11) is -2.99. The van der Waals surface area contributed by atoms with E-state index in [1.54, 1.807) is 0 Å². The molecule has 4 heterocycles. The van der Waals surface area contributed by atoms with Gasteiger partial charge in [-0.25, -0.2) is 14.2 Å². The van der Waals surface area contributed by atoms with Crippen LogP contribution in [-0.2, 0) is 51.2 Å². The molecule has 26 nitrogen and oxygen atoms in total. The second-order valence-corrected chi connectivity index (χ2v) is 16.0. The number of benzene rings is 1. The van der Waals surface area contributed by atoms with Crippen LogP contribution in [0.1, 0.15) is 46.8 Å². The van der Waals surface area contributed by atoms with Crippen LogP contribution in [0, 0.1) is 13.8 Å². The topological polar surface area (TPSA) is 331 Å². The number of ether oxygens (including phenoxy) is 7. The first kappa shape index (κ1) is 48.6. The fourth-order valence-corrected chi connectivity index (χ4v) is 7.44. The van der Waals surface area contributed by atoms with Crippen LogP contribution in [0.2, 0.25) is 0 Å². The molecule has 2 aliphatic rings. The summed E-state index contributed by atoms with van der Waals surface area (Å²) >= 11 is 0. The molecule has 2 saturated heterocycles. The number of hydrogen-bond acceptors (Lipinski definition) is 19. The highest BCUT2D eigenvalue weighted by Gasteiger charge is 2.52. The number of nitrogens with one attached hydrogen (secondary N) is 2. The number of likely N-dealkylation sites (N-methyl/N-ethyl adjacent to an activating group) is 1. The summed E-state index contributed by atoms with van der Waals surface area (Å²) in [6, 6.07) is 2.91. The second-order valence-electron chi connectivity index (χ2n) is 13.8. The Labute approximate surface area is 356 Å². The molecule has 2 aromatic heterocycles. The quantitative estimate of drug-likeness (QED) is 0.0768. The zero-order valence-electron chi connectivity index (χ0n) is 34.5. The molecule has 1 amide bonds. The first-order chi connectivity index (χ1) is 29.8. The van der Waals surface area contributed by atoms with Crippen molar-refractivity contribution >= 4 is 33.9 Å². The molecular formula is C35H45N5O21P2. The Bertz CT molecular complexity index is 2480. The largest absolute Gasteiger partial charge is 0.493 e. The normalized spacial score (nSPS) is 21.8. The number of methoxy groups -OCH3 is 3. The number of rotatable bonds is 21. The number of aromatic amines is 2. The van der Waals surface area contributed by atoms with Crippen molar-refractivity contribution in [3.63, 3.8) is 0 Å². The molecule has 4 N–H and O–H groups in total. The lowest BCUT2D eigenvalue weighted by Crippen LogP contribution is -2.57. The molecule has 8 atom stereocenters. The maximum absolute atomic E-state index is 13.3. The molecule has 28 heteroatoms. The third kappa shape index (κ3) is 11.8. The Hall–Kier alpha value is -5.43. The number of amides is 1. The zero-order chi connectivity index (χ0) is 46.3. The summed E-state index contributed by atoms with van der Waals surface area (Å²) < 4.78 is 79.1. The minimum atomic E-state index is -5.18. The summed E-state index contributed by atoms with van der Waals surface area (Å²) in [6.45, 7) is 1.02. The van der Waals surface area contributed by atoms with E-state index in [0.717, 1.165) is 21.5 Å². The first-order valence-electron chi connectivity index (χ1n) is 18.6. The maximum Gasteiger partial charge on any atom is 0.472 e. The second kappa shape index (κ2) is 20.8. The van der Waals surface area contributed by atoms with Gasteiger partial charge in [-0.05, 0) is 26.0 Å². The van der Waals surface area contributed by atoms with Crippen molar-refractivity contribution in [3.8, 4) is 17.2 Å². The van der Waals surface area contributed by atoms with E-state index in [9.17, 15) is 47.6 Å². The molecule has 8 unspecified atom stereocenters. The molecule has 5 rings (SSSR count). The summed E-state index contributed by atoms with van der Waals surface area (Å²) in [5, 5.41) is 0. The van der Waals surface area contributed by atoms with E-state index in [2.05, 4.69) is 9.51 Å². The Balaban J connectivity index is 1.20. The van der Waals surface area contributed by atoms with Crippen LogP contribution < -0.4 is 36.7 Å². The highest BCUT2D eigenvalue weighted by atomic mass is 31.2. The van der Waals surface area contributed by atoms with E-state index in [4.69, 9.17) is 47.1 Å². The van der Waals surface area contributed by atoms with E-state index in [1.165, 1.54) is 59.3 Å². The molecule has 0 aliphatic carbocycles. The number of aryl methyl sites for hydroxylation is 2. The molecule has 3 aromatic rings. The SMILES string of the molecule is COc1cc(C(=O)N(C)CCOC(=O)CCC(=O)OC2C(COP(=O)(O)OC3C(CO[PH](=O)O)OC3n3cc(C)c(=O)[nH]c3=O)OC2n2cc(C)c(=O)[nH]c2=O)cc(OC)c1OC. The van der Waals surface area contributed by atoms with Crippen molar-refractivity contribution in [3.05, 3.63) is 82.9 Å². The third-order valence-electron chi connectivity index (χ3n) is 9.54. The van der Waals surface area contributed by atoms with Gasteiger partial charge in [0.1, 0.15) is 24.9 Å². The monoisotopic (exact) mass is 933 g/mol. The fraction of sp³-hybridized carbons (Fsp3) is 0.514. The number of nitrogens with zero attached hydrogens (tertiary/aromatic N) is 3. The van der Waals surface area contributed by atoms with Crippen molar-refractivity contribution in [2.24, 2.45) is 0 Å². The average molecular weight is 934 g/mol. The highest BCUT2D eigenvalue weighted by Crippen LogP contribution is 2.51. The Morgan fingerprint density at radius 1 is 0.841 bits per heavy atom. The summed E-state index contributed by atoms with van der Waals surface area (Å²) in [4.78, 5) is 113. The van der Waals surface area contributed by atoms with Gasteiger partial charge in [-0.1, -0.05) is 0 Å². The lowest BCUT2D eigenvalue weighted by Gasteiger charge is -2.45. The molecule has 2 aliphatic heterocycles. The van der Waals surface area contributed by atoms with Crippen molar-refractivity contribution in [1.29, 1.82) is 0 Å². The van der Waals surface area contributed by atoms with Gasteiger partial charge in [-0.15, -0.1) is 0 Å². The highest BCUT2D eigenvalue weighted by molar-refractivity contribution is 7.47. The number of aromatic nitrogens is 4. The zero-order valence-corrected chi connectivity index (χ0v) is 36.4. The number of esters is 2. The molecule has 0 saturated carbocycles. The van der Waals surface area contributed by atoms with Gasteiger partial charge < -0.3 is 52.4 Å². The van der Waals surface area contributed by atoms with E-state index in [-0.39, 0.29) is 47.1 Å². The van der Waals surface area contributed by atoms with Gasteiger partial charge in [0.2, 0.25) is 5.75 Å². The van der Waals surface area contributed by atoms with Gasteiger partial charge >= 0.3 is 39.4 Å². The molecule has 0 radical (unpaired) electrons. The van der Waals surface area contributed by atoms with Crippen LogP contribution in [0.4, 0.5) is 0 Å². The summed E-state index contributed by atoms with van der Waals surface area (Å²) in [5.41, 5.74) is -2.99. The van der Waals surface area contributed by atoms with Gasteiger partial charge in [-0.2, -0.15) is 0 Å². The lowest BCUT2D eigenvalue weighted by atomic mass is 10.1. The smallest absolute Gasteiger partial charge is 0.472 e. The minimum Gasteiger partial charge on any atom is -0.493 e. The molecule has 0 spiro atoms. The molecule has 0 bridgehead atoms. The fourth-order valence-electron chi connectivity index (χ4n) is 6.19. The number of phosphoric ester groups is 1. The maximum atomic E-state index is 13.3. The van der Waals surface area contributed by atoms with Crippen LogP contribution in [0.3, 0.4) is 0 Å². The van der Waals surface area contributed by atoms with E-state index >= 15 is 0 Å². The van der Waals surface area contributed by atoms with Crippen molar-refractivity contribution < 1.29 is 80.0 Å². The van der Waals surface area contributed by atoms with E-state index in [0.29, 0.717) is 0 Å². The molecular weight excluding hydrogens is 888 g/mol. The lowest BCUT2D eigenvalue weighted by molar-refractivity contribution is -0.277. The number of phosphoric acid groups is 1. The van der Waals surface area contributed by atoms with Crippen LogP contribution in [-0.4, -0.2) is 131 Å². The Morgan fingerprint density at radius 3 is 1.89 bits per heavy atom. The van der Waals surface area contributed by atoms with Crippen LogP contribution in [0.15, 0.2) is 43.7 Å². The van der Waals surface area contributed by atoms with E-state index < -0.39 is 119 Å². The first-order valence-corrected chi connectivity index (χ1v) is 21.4. The number of carbonyl (C=O) groups excluding carboxylic acids is 3. The van der Waals surface area contributed by atoms with Gasteiger partial charge in [-0.3, -0.25) is 56.7 Å². The third-order valence-corrected chi connectivity index (χ3v) is 10.9. The van der Waals surface area contributed by atoms with Crippen LogP contribution >= 0.6 is 16.1 Å². The van der Waals surface area contributed by atoms with Crippen LogP contribution in [0.5, 0.6) is 17.2 Å². The number of carbonyl (C=O) groups is 3. The van der Waals surface area contributed by atoms with Crippen LogP contribution in [0.25, 0.3) is 0 Å². The minimum absolute atomic E-state index is 0.0429. The van der Waals surface area contributed by atoms with Crippen molar-refractivity contribution in [2.75, 3.05) is 54.7 Å². The predicted octanol–water partition coefficient (Wildman–Crippen LogP) is -0.568. The van der Waals surface area contributed by atoms with Gasteiger partial charge in [0.05, 0.1) is 53.9 Å². The standard InChI is InChI=1S/C35H45N5O21P2/c1-17-13-39(34(46)36-29(17)43)32-27(60-25(42)8-7-24(41)55-10-9-38(3)31(45)19-11-20(52-4)26(54-6)21(12-19)53-5)23(59-32)16-57-63(50,51)61-28-22(15-56-62(48)49)58-33(28)40-14-18(2)30(44)37-35(40)47/h11-14,22-23,27-28,32-33,62H,7-10,15-16H2,1-6H3,(H,48,49)(H,50,51)(H,36,43,46)(H,37,44,47). The molecule has 2 fully saturated rings.